The van der Waals surface area contributed by atoms with Crippen molar-refractivity contribution in [3.05, 3.63) is 28.8 Å². The van der Waals surface area contributed by atoms with E-state index in [9.17, 15) is 9.59 Å². The van der Waals surface area contributed by atoms with E-state index < -0.39 is 11.9 Å². The van der Waals surface area contributed by atoms with Gasteiger partial charge in [0.15, 0.2) is 0 Å². The Morgan fingerprint density at radius 2 is 2.29 bits per heavy atom. The van der Waals surface area contributed by atoms with Gasteiger partial charge in [-0.25, -0.2) is 0 Å². The molecule has 14 heavy (non-hydrogen) atoms. The molecule has 1 unspecified atom stereocenters. The predicted molar refractivity (Wildman–Crippen MR) is 50.3 cm³/mol. The second kappa shape index (κ2) is 3.42. The summed E-state index contributed by atoms with van der Waals surface area (Å²) in [7, 11) is 0. The molecule has 3 nitrogen and oxygen atoms in total. The van der Waals surface area contributed by atoms with Crippen LogP contribution in [0.5, 0.6) is 5.75 Å². The van der Waals surface area contributed by atoms with Gasteiger partial charge >= 0.3 is 5.97 Å². The fraction of sp³-hybridized carbons (Fsp3) is 0.200. The molecule has 1 heterocycles. The minimum Gasteiger partial charge on any atom is -0.426 e. The Hall–Kier alpha value is -1.35. The van der Waals surface area contributed by atoms with Gasteiger partial charge in [-0.2, -0.15) is 0 Å². The lowest BCUT2D eigenvalue weighted by molar-refractivity contribution is -0.142. The molecule has 0 fully saturated rings. The Morgan fingerprint density at radius 3 is 3.00 bits per heavy atom. The van der Waals surface area contributed by atoms with Gasteiger partial charge in [0, 0.05) is 10.6 Å². The Morgan fingerprint density at radius 1 is 1.50 bits per heavy atom. The number of fused-ring (bicyclic) bond motifs is 1. The lowest BCUT2D eigenvalue weighted by atomic mass is 9.97. The van der Waals surface area contributed by atoms with Crippen molar-refractivity contribution in [1.82, 2.24) is 0 Å². The summed E-state index contributed by atoms with van der Waals surface area (Å²) in [6.07, 6.45) is 0.923. The maximum Gasteiger partial charge on any atom is 0.321 e. The number of benzene rings is 1. The second-order valence-electron chi connectivity index (χ2n) is 3.08. The molecule has 0 radical (unpaired) electrons. The average molecular weight is 211 g/mol. The van der Waals surface area contributed by atoms with Crippen molar-refractivity contribution in [3.8, 4) is 5.75 Å². The van der Waals surface area contributed by atoms with Gasteiger partial charge < -0.3 is 9.53 Å². The van der Waals surface area contributed by atoms with E-state index in [1.54, 1.807) is 18.2 Å². The minimum atomic E-state index is -0.720. The zero-order valence-electron chi connectivity index (χ0n) is 7.20. The first-order valence-electron chi connectivity index (χ1n) is 4.16. The number of hydrogen-bond donors (Lipinski definition) is 0. The van der Waals surface area contributed by atoms with E-state index in [4.69, 9.17) is 16.3 Å². The molecule has 0 aliphatic carbocycles. The first kappa shape index (κ1) is 9.21. The smallest absolute Gasteiger partial charge is 0.321 e. The lowest BCUT2D eigenvalue weighted by Gasteiger charge is -2.20. The maximum atomic E-state index is 11.2. The van der Waals surface area contributed by atoms with E-state index in [0.717, 1.165) is 5.56 Å². The predicted octanol–water partition coefficient (Wildman–Crippen LogP) is 1.62. The minimum absolute atomic E-state index is 0.331. The average Bonchev–Trinajstić information content (AvgIpc) is 2.17. The van der Waals surface area contributed by atoms with Crippen LogP contribution in [0.1, 0.15) is 5.56 Å². The van der Waals surface area contributed by atoms with Crippen molar-refractivity contribution in [3.63, 3.8) is 0 Å². The molecule has 0 bridgehead atoms. The third-order valence-corrected chi connectivity index (χ3v) is 2.53. The van der Waals surface area contributed by atoms with Crippen molar-refractivity contribution in [2.75, 3.05) is 0 Å². The van der Waals surface area contributed by atoms with E-state index in [0.29, 0.717) is 23.5 Å². The Balaban J connectivity index is 2.45. The largest absolute Gasteiger partial charge is 0.426 e. The van der Waals surface area contributed by atoms with E-state index in [1.165, 1.54) is 0 Å². The van der Waals surface area contributed by atoms with E-state index in [1.807, 2.05) is 0 Å². The molecular weight excluding hydrogens is 204 g/mol. The second-order valence-corrected chi connectivity index (χ2v) is 3.49. The molecule has 72 valence electrons. The summed E-state index contributed by atoms with van der Waals surface area (Å²) in [6, 6.07) is 5.08. The van der Waals surface area contributed by atoms with E-state index >= 15 is 0 Å². The van der Waals surface area contributed by atoms with Crippen LogP contribution in [0.2, 0.25) is 5.02 Å². The third-order valence-electron chi connectivity index (χ3n) is 2.18. The highest BCUT2D eigenvalue weighted by molar-refractivity contribution is 6.31. The summed E-state index contributed by atoms with van der Waals surface area (Å²) in [5.41, 5.74) is 0.728. The molecule has 0 spiro atoms. The molecule has 2 rings (SSSR count). The highest BCUT2D eigenvalue weighted by Crippen LogP contribution is 2.32. The van der Waals surface area contributed by atoms with Crippen LogP contribution >= 0.6 is 11.6 Å². The number of aldehydes is 1. The number of carbonyl (C=O) groups excluding carboxylic acids is 2. The lowest BCUT2D eigenvalue weighted by Crippen LogP contribution is -2.28. The number of carbonyl (C=O) groups is 2. The monoisotopic (exact) mass is 210 g/mol. The van der Waals surface area contributed by atoms with Crippen molar-refractivity contribution < 1.29 is 14.3 Å². The highest BCUT2D eigenvalue weighted by Gasteiger charge is 2.29. The molecule has 0 aromatic heterocycles. The number of esters is 1. The van der Waals surface area contributed by atoms with Gasteiger partial charge in [-0.1, -0.05) is 17.7 Å². The van der Waals surface area contributed by atoms with Gasteiger partial charge in [0.05, 0.1) is 0 Å². The van der Waals surface area contributed by atoms with Crippen LogP contribution in [0.3, 0.4) is 0 Å². The normalized spacial score (nSPS) is 19.8. The molecule has 0 N–H and O–H groups in total. The van der Waals surface area contributed by atoms with Gasteiger partial charge in [-0.3, -0.25) is 4.79 Å². The topological polar surface area (TPSA) is 43.4 Å². The summed E-state index contributed by atoms with van der Waals surface area (Å²) in [5, 5.41) is 0.529. The summed E-state index contributed by atoms with van der Waals surface area (Å²) in [5.74, 6) is -0.766. The van der Waals surface area contributed by atoms with E-state index in [-0.39, 0.29) is 0 Å². The van der Waals surface area contributed by atoms with E-state index in [2.05, 4.69) is 0 Å². The quantitative estimate of drug-likeness (QED) is 0.306. The first-order valence-corrected chi connectivity index (χ1v) is 4.54. The van der Waals surface area contributed by atoms with Crippen LogP contribution in [-0.2, 0) is 16.0 Å². The zero-order chi connectivity index (χ0) is 10.1. The van der Waals surface area contributed by atoms with Crippen LogP contribution < -0.4 is 4.74 Å². The third kappa shape index (κ3) is 1.40. The summed E-state index contributed by atoms with van der Waals surface area (Å²) >= 11 is 5.90. The fourth-order valence-electron chi connectivity index (χ4n) is 1.42. The summed E-state index contributed by atoms with van der Waals surface area (Å²) in [6.45, 7) is 0. The number of halogens is 1. The van der Waals surface area contributed by atoms with Crippen molar-refractivity contribution in [1.29, 1.82) is 0 Å². The van der Waals surface area contributed by atoms with Gasteiger partial charge in [0.25, 0.3) is 0 Å². The number of hydrogen-bond acceptors (Lipinski definition) is 3. The molecule has 1 aromatic rings. The van der Waals surface area contributed by atoms with Crippen molar-refractivity contribution in [2.45, 2.75) is 6.42 Å². The number of ether oxygens (including phenoxy) is 1. The zero-order valence-corrected chi connectivity index (χ0v) is 7.95. The molecule has 1 aliphatic rings. The highest BCUT2D eigenvalue weighted by atomic mass is 35.5. The van der Waals surface area contributed by atoms with Crippen LogP contribution in [0, 0.1) is 5.92 Å². The van der Waals surface area contributed by atoms with Crippen molar-refractivity contribution >= 4 is 23.9 Å². The van der Waals surface area contributed by atoms with Gasteiger partial charge in [-0.05, 0) is 18.6 Å². The van der Waals surface area contributed by atoms with Gasteiger partial charge in [-0.15, -0.1) is 0 Å². The Labute approximate surface area is 85.6 Å². The number of rotatable bonds is 1. The maximum absolute atomic E-state index is 11.2. The Bertz CT molecular complexity index is 400. The SMILES string of the molecule is O=CC1Cc2c(Cl)cccc2OC1=O. The molecular formula is C10H7ClO3. The molecule has 1 aliphatic heterocycles. The summed E-state index contributed by atoms with van der Waals surface area (Å²) in [4.78, 5) is 21.8. The van der Waals surface area contributed by atoms with Gasteiger partial charge in [0.2, 0.25) is 0 Å². The molecule has 0 amide bonds. The van der Waals surface area contributed by atoms with Crippen LogP contribution in [0.25, 0.3) is 0 Å². The Kier molecular flexibility index (Phi) is 2.25. The molecule has 1 atom stereocenters. The fourth-order valence-corrected chi connectivity index (χ4v) is 1.67. The molecule has 0 saturated carbocycles. The van der Waals surface area contributed by atoms with Crippen LogP contribution in [0.4, 0.5) is 0 Å². The van der Waals surface area contributed by atoms with Gasteiger partial charge in [0.1, 0.15) is 18.0 Å². The first-order chi connectivity index (χ1) is 6.72. The summed E-state index contributed by atoms with van der Waals surface area (Å²) < 4.78 is 4.96. The molecule has 0 saturated heterocycles. The van der Waals surface area contributed by atoms with Crippen LogP contribution in [0.15, 0.2) is 18.2 Å². The standard InChI is InChI=1S/C10H7ClO3/c11-8-2-1-3-9-7(8)4-6(5-12)10(13)14-9/h1-3,5-6H,4H2. The van der Waals surface area contributed by atoms with Crippen LogP contribution in [-0.4, -0.2) is 12.3 Å². The molecule has 4 heteroatoms. The van der Waals surface area contributed by atoms with Crippen molar-refractivity contribution in [2.24, 2.45) is 5.92 Å². The molecule has 1 aromatic carbocycles.